The van der Waals surface area contributed by atoms with Crippen molar-refractivity contribution in [1.82, 2.24) is 25.6 Å². The summed E-state index contributed by atoms with van der Waals surface area (Å²) in [6.07, 6.45) is 14.4. The number of pyridine rings is 2. The van der Waals surface area contributed by atoms with Gasteiger partial charge in [-0.15, -0.1) is 0 Å². The zero-order valence-corrected chi connectivity index (χ0v) is 26.9. The third-order valence-electron chi connectivity index (χ3n) is 10.3. The monoisotopic (exact) mass is 627 g/mol. The van der Waals surface area contributed by atoms with Gasteiger partial charge < -0.3 is 24.5 Å². The van der Waals surface area contributed by atoms with Crippen molar-refractivity contribution in [3.63, 3.8) is 0 Å². The maximum Gasteiger partial charge on any atom is 0.407 e. The summed E-state index contributed by atoms with van der Waals surface area (Å²) >= 11 is 0. The summed E-state index contributed by atoms with van der Waals surface area (Å²) in [6.45, 7) is 1.99. The number of carbonyl (C=O) groups excluding carboxylic acids is 2. The van der Waals surface area contributed by atoms with E-state index in [9.17, 15) is 9.59 Å². The minimum atomic E-state index is -0.326. The molecule has 3 heterocycles. The van der Waals surface area contributed by atoms with Crippen molar-refractivity contribution in [2.45, 2.75) is 114 Å². The van der Waals surface area contributed by atoms with Gasteiger partial charge in [-0.05, 0) is 114 Å². The smallest absolute Gasteiger partial charge is 0.407 e. The number of oxazole rings is 1. The van der Waals surface area contributed by atoms with Crippen molar-refractivity contribution in [1.29, 1.82) is 0 Å². The van der Waals surface area contributed by atoms with Gasteiger partial charge in [0.2, 0.25) is 5.91 Å². The summed E-state index contributed by atoms with van der Waals surface area (Å²) in [4.78, 5) is 40.4. The quantitative estimate of drug-likeness (QED) is 0.248. The molecule has 1 atom stereocenters. The number of hydrogen-bond acceptors (Lipinski definition) is 8. The van der Waals surface area contributed by atoms with Gasteiger partial charge in [-0.2, -0.15) is 0 Å². The number of methoxy groups -OCH3 is 1. The minimum absolute atomic E-state index is 0.0536. The maximum absolute atomic E-state index is 13.8. The van der Waals surface area contributed by atoms with Gasteiger partial charge in [-0.1, -0.05) is 0 Å². The van der Waals surface area contributed by atoms with Crippen LogP contribution in [0.3, 0.4) is 0 Å². The number of alkyl carbamates (subject to hydrolysis) is 1. The van der Waals surface area contributed by atoms with Crippen LogP contribution in [-0.2, 0) is 9.53 Å². The lowest BCUT2D eigenvalue weighted by Gasteiger charge is -2.35. The molecule has 0 bridgehead atoms. The van der Waals surface area contributed by atoms with Crippen molar-refractivity contribution >= 4 is 12.0 Å². The molecule has 0 saturated heterocycles. The maximum atomic E-state index is 13.8. The van der Waals surface area contributed by atoms with E-state index in [1.165, 1.54) is 0 Å². The van der Waals surface area contributed by atoms with Gasteiger partial charge in [0, 0.05) is 41.2 Å². The van der Waals surface area contributed by atoms with Crippen LogP contribution in [0.25, 0.3) is 11.3 Å². The van der Waals surface area contributed by atoms with Gasteiger partial charge in [0.15, 0.2) is 5.89 Å². The van der Waals surface area contributed by atoms with E-state index in [-0.39, 0.29) is 42.0 Å². The molecule has 0 radical (unpaired) electrons. The second-order valence-electron chi connectivity index (χ2n) is 13.7. The fourth-order valence-corrected chi connectivity index (χ4v) is 7.22. The Bertz CT molecular complexity index is 1530. The van der Waals surface area contributed by atoms with Gasteiger partial charge in [-0.3, -0.25) is 14.8 Å². The number of nitrogens with zero attached hydrogens (tertiary/aromatic N) is 3. The van der Waals surface area contributed by atoms with Crippen molar-refractivity contribution in [2.24, 2.45) is 11.8 Å². The standard InChI is InChI=1S/C36H45N5O5/c1-21-32(44-2)16-15-29(38-21)22-3-5-23(6-4-22)33(30-19-26(17-18-37-30)31-20-45-35(40-31)25-7-8-25)41-34(42)24-9-11-27(12-10-24)39-36(43)46-28-13-14-28/h15-20,22-25,27-28,33H,3-14H2,1-2H3,(H,39,43)(H,41,42). The number of rotatable bonds is 10. The predicted octanol–water partition coefficient (Wildman–Crippen LogP) is 6.90. The molecule has 7 rings (SSSR count). The van der Waals surface area contributed by atoms with E-state index in [1.807, 2.05) is 25.3 Å². The van der Waals surface area contributed by atoms with E-state index in [0.29, 0.717) is 11.8 Å². The number of amides is 2. The Morgan fingerprint density at radius 2 is 1.67 bits per heavy atom. The van der Waals surface area contributed by atoms with E-state index in [0.717, 1.165) is 117 Å². The summed E-state index contributed by atoms with van der Waals surface area (Å²) in [7, 11) is 1.68. The molecule has 2 amide bonds. The Morgan fingerprint density at radius 1 is 0.913 bits per heavy atom. The van der Waals surface area contributed by atoms with Crippen molar-refractivity contribution in [3.05, 3.63) is 59.7 Å². The highest BCUT2D eigenvalue weighted by Crippen LogP contribution is 2.43. The molecule has 2 N–H and O–H groups in total. The largest absolute Gasteiger partial charge is 0.495 e. The lowest BCUT2D eigenvalue weighted by molar-refractivity contribution is -0.127. The second-order valence-corrected chi connectivity index (χ2v) is 13.7. The van der Waals surface area contributed by atoms with E-state index >= 15 is 0 Å². The molecule has 46 heavy (non-hydrogen) atoms. The predicted molar refractivity (Wildman–Crippen MR) is 171 cm³/mol. The molecule has 4 aliphatic carbocycles. The Labute approximate surface area is 270 Å². The van der Waals surface area contributed by atoms with Crippen LogP contribution >= 0.6 is 0 Å². The lowest BCUT2D eigenvalue weighted by Crippen LogP contribution is -2.43. The van der Waals surface area contributed by atoms with Crippen LogP contribution in [-0.4, -0.2) is 46.2 Å². The van der Waals surface area contributed by atoms with E-state index in [1.54, 1.807) is 13.4 Å². The molecule has 3 aromatic heterocycles. The summed E-state index contributed by atoms with van der Waals surface area (Å²) in [6, 6.07) is 7.99. The molecule has 4 saturated carbocycles. The number of hydrogen-bond donors (Lipinski definition) is 2. The number of aromatic nitrogens is 3. The van der Waals surface area contributed by atoms with Crippen LogP contribution in [0.1, 0.15) is 118 Å². The Hall–Kier alpha value is -3.95. The average Bonchev–Trinajstić information content (AvgIpc) is 4.03. The molecule has 3 aromatic rings. The molecule has 4 aliphatic rings. The molecule has 1 unspecified atom stereocenters. The second kappa shape index (κ2) is 13.4. The molecule has 10 nitrogen and oxygen atoms in total. The normalized spacial score (nSPS) is 25.3. The summed E-state index contributed by atoms with van der Waals surface area (Å²) in [5.74, 6) is 2.66. The zero-order chi connectivity index (χ0) is 31.6. The average molecular weight is 628 g/mol. The zero-order valence-electron chi connectivity index (χ0n) is 26.9. The fourth-order valence-electron chi connectivity index (χ4n) is 7.22. The summed E-state index contributed by atoms with van der Waals surface area (Å²) < 4.78 is 16.6. The Balaban J connectivity index is 1.04. The Kier molecular flexibility index (Phi) is 8.95. The SMILES string of the molecule is COc1ccc(C2CCC(C(NC(=O)C3CCC(NC(=O)OC4CC4)CC3)c3cc(-c4coc(C5CC5)n4)ccn3)CC2)nc1C. The van der Waals surface area contributed by atoms with Crippen molar-refractivity contribution < 1.29 is 23.5 Å². The summed E-state index contributed by atoms with van der Waals surface area (Å²) in [5.41, 5.74) is 4.65. The highest BCUT2D eigenvalue weighted by Gasteiger charge is 2.35. The molecule has 0 spiro atoms. The van der Waals surface area contributed by atoms with Crippen LogP contribution in [0, 0.1) is 18.8 Å². The fraction of sp³-hybridized carbons (Fsp3) is 0.583. The van der Waals surface area contributed by atoms with Crippen LogP contribution in [0.2, 0.25) is 0 Å². The number of aryl methyl sites for hydroxylation is 1. The van der Waals surface area contributed by atoms with E-state index in [4.69, 9.17) is 28.8 Å². The van der Waals surface area contributed by atoms with Crippen LogP contribution in [0.4, 0.5) is 4.79 Å². The molecule has 10 heteroatoms. The first kappa shape index (κ1) is 30.7. The number of ether oxygens (including phenoxy) is 2. The first-order chi connectivity index (χ1) is 22.4. The molecular formula is C36H45N5O5. The van der Waals surface area contributed by atoms with Gasteiger partial charge in [0.1, 0.15) is 23.8 Å². The highest BCUT2D eigenvalue weighted by atomic mass is 16.6. The van der Waals surface area contributed by atoms with Gasteiger partial charge >= 0.3 is 6.09 Å². The molecule has 0 aromatic carbocycles. The van der Waals surface area contributed by atoms with Gasteiger partial charge in [0.05, 0.1) is 24.5 Å². The van der Waals surface area contributed by atoms with E-state index < -0.39 is 0 Å². The van der Waals surface area contributed by atoms with Crippen LogP contribution < -0.4 is 15.4 Å². The van der Waals surface area contributed by atoms with Crippen LogP contribution in [0.5, 0.6) is 5.75 Å². The third kappa shape index (κ3) is 7.21. The van der Waals surface area contributed by atoms with E-state index in [2.05, 4.69) is 22.8 Å². The molecule has 244 valence electrons. The Morgan fingerprint density at radius 3 is 2.37 bits per heavy atom. The minimum Gasteiger partial charge on any atom is -0.495 e. The topological polar surface area (TPSA) is 128 Å². The van der Waals surface area contributed by atoms with Crippen molar-refractivity contribution in [2.75, 3.05) is 7.11 Å². The molecular weight excluding hydrogens is 582 g/mol. The molecule has 4 fully saturated rings. The van der Waals surface area contributed by atoms with Crippen molar-refractivity contribution in [3.8, 4) is 17.0 Å². The lowest BCUT2D eigenvalue weighted by atomic mass is 9.76. The van der Waals surface area contributed by atoms with Gasteiger partial charge in [-0.25, -0.2) is 9.78 Å². The van der Waals surface area contributed by atoms with Crippen LogP contribution in [0.15, 0.2) is 41.1 Å². The highest BCUT2D eigenvalue weighted by molar-refractivity contribution is 5.79. The number of carbonyl (C=O) groups is 2. The first-order valence-electron chi connectivity index (χ1n) is 17.1. The molecule has 0 aliphatic heterocycles. The summed E-state index contributed by atoms with van der Waals surface area (Å²) in [5, 5.41) is 6.47. The third-order valence-corrected chi connectivity index (χ3v) is 10.3. The number of nitrogens with one attached hydrogen (secondary N) is 2. The first-order valence-corrected chi connectivity index (χ1v) is 17.1. The van der Waals surface area contributed by atoms with Gasteiger partial charge in [0.25, 0.3) is 0 Å².